The monoisotopic (exact) mass is 471 g/mol. The molecule has 1 aliphatic rings. The summed E-state index contributed by atoms with van der Waals surface area (Å²) in [4.78, 5) is 14.2. The van der Waals surface area contributed by atoms with Crippen LogP contribution in [0.4, 0.5) is 24.5 Å². The SMILES string of the molecule is O=C(COc1ccccc1Cl)NC(=S)Nc1cc(C(F)(F)F)ccc1N1CCCCC1. The van der Waals surface area contributed by atoms with Crippen molar-refractivity contribution in [3.8, 4) is 5.75 Å². The highest BCUT2D eigenvalue weighted by Crippen LogP contribution is 2.36. The molecule has 3 rings (SSSR count). The van der Waals surface area contributed by atoms with Gasteiger partial charge in [-0.25, -0.2) is 0 Å². The Morgan fingerprint density at radius 3 is 2.52 bits per heavy atom. The molecular formula is C21H21ClF3N3O2S. The third-order valence-electron chi connectivity index (χ3n) is 4.72. The highest BCUT2D eigenvalue weighted by molar-refractivity contribution is 7.80. The fourth-order valence-corrected chi connectivity index (χ4v) is 3.66. The Balaban J connectivity index is 1.68. The molecule has 0 radical (unpaired) electrons. The second-order valence-electron chi connectivity index (χ2n) is 7.00. The van der Waals surface area contributed by atoms with Gasteiger partial charge in [0.15, 0.2) is 11.7 Å². The Morgan fingerprint density at radius 2 is 1.84 bits per heavy atom. The normalized spacial score (nSPS) is 14.1. The van der Waals surface area contributed by atoms with E-state index in [1.807, 2.05) is 4.90 Å². The molecule has 5 nitrogen and oxygen atoms in total. The van der Waals surface area contributed by atoms with E-state index >= 15 is 0 Å². The predicted molar refractivity (Wildman–Crippen MR) is 119 cm³/mol. The van der Waals surface area contributed by atoms with Gasteiger partial charge in [0.2, 0.25) is 0 Å². The van der Waals surface area contributed by atoms with Crippen LogP contribution in [0.2, 0.25) is 5.02 Å². The largest absolute Gasteiger partial charge is 0.482 e. The van der Waals surface area contributed by atoms with Gasteiger partial charge in [0.25, 0.3) is 5.91 Å². The van der Waals surface area contributed by atoms with Gasteiger partial charge in [0, 0.05) is 13.1 Å². The van der Waals surface area contributed by atoms with Crippen LogP contribution in [-0.2, 0) is 11.0 Å². The smallest absolute Gasteiger partial charge is 0.416 e. The van der Waals surface area contributed by atoms with E-state index in [2.05, 4.69) is 10.6 Å². The number of piperidine rings is 1. The number of para-hydroxylation sites is 1. The maximum Gasteiger partial charge on any atom is 0.416 e. The molecule has 0 aliphatic carbocycles. The zero-order valence-corrected chi connectivity index (χ0v) is 18.0. The first-order valence-electron chi connectivity index (χ1n) is 9.68. The zero-order chi connectivity index (χ0) is 22.4. The molecule has 1 aliphatic heterocycles. The van der Waals surface area contributed by atoms with E-state index in [1.165, 1.54) is 6.07 Å². The summed E-state index contributed by atoms with van der Waals surface area (Å²) in [6, 6.07) is 10.2. The summed E-state index contributed by atoms with van der Waals surface area (Å²) in [5.41, 5.74) is -0.00222. The van der Waals surface area contributed by atoms with Crippen LogP contribution in [0.15, 0.2) is 42.5 Å². The second-order valence-corrected chi connectivity index (χ2v) is 7.81. The lowest BCUT2D eigenvalue weighted by Gasteiger charge is -2.31. The zero-order valence-electron chi connectivity index (χ0n) is 16.5. The lowest BCUT2D eigenvalue weighted by atomic mass is 10.1. The summed E-state index contributed by atoms with van der Waals surface area (Å²) in [6.07, 6.45) is -1.49. The van der Waals surface area contributed by atoms with Gasteiger partial charge >= 0.3 is 6.18 Å². The van der Waals surface area contributed by atoms with Gasteiger partial charge in [-0.2, -0.15) is 13.2 Å². The van der Waals surface area contributed by atoms with E-state index < -0.39 is 17.6 Å². The molecule has 1 heterocycles. The lowest BCUT2D eigenvalue weighted by molar-refractivity contribution is -0.137. The van der Waals surface area contributed by atoms with Gasteiger partial charge in [-0.15, -0.1) is 0 Å². The van der Waals surface area contributed by atoms with E-state index in [9.17, 15) is 18.0 Å². The number of ether oxygens (including phenoxy) is 1. The molecule has 0 unspecified atom stereocenters. The minimum Gasteiger partial charge on any atom is -0.482 e. The van der Waals surface area contributed by atoms with Gasteiger partial charge in [-0.05, 0) is 61.8 Å². The number of thiocarbonyl (C=S) groups is 1. The lowest BCUT2D eigenvalue weighted by Crippen LogP contribution is -2.38. The molecule has 1 amide bonds. The molecule has 0 saturated carbocycles. The molecule has 2 aromatic rings. The van der Waals surface area contributed by atoms with Crippen LogP contribution >= 0.6 is 23.8 Å². The highest BCUT2D eigenvalue weighted by atomic mass is 35.5. The first-order chi connectivity index (χ1) is 14.7. The number of alkyl halides is 3. The number of anilines is 2. The van der Waals surface area contributed by atoms with Gasteiger partial charge in [0.1, 0.15) is 5.75 Å². The van der Waals surface area contributed by atoms with E-state index in [0.717, 1.165) is 44.5 Å². The standard InChI is InChI=1S/C21H21ClF3N3O2S/c22-15-6-2-3-7-18(15)30-13-19(29)27-20(31)26-16-12-14(21(23,24)25)8-9-17(16)28-10-4-1-5-11-28/h2-3,6-9,12H,1,4-5,10-11,13H2,(H2,26,27,29,31). The van der Waals surface area contributed by atoms with Crippen LogP contribution in [0.3, 0.4) is 0 Å². The maximum absolute atomic E-state index is 13.2. The van der Waals surface area contributed by atoms with Crippen molar-refractivity contribution >= 4 is 46.2 Å². The molecule has 0 aromatic heterocycles. The Morgan fingerprint density at radius 1 is 1.13 bits per heavy atom. The maximum atomic E-state index is 13.2. The van der Waals surface area contributed by atoms with Crippen molar-refractivity contribution in [2.75, 3.05) is 29.9 Å². The van der Waals surface area contributed by atoms with Crippen molar-refractivity contribution in [1.82, 2.24) is 5.32 Å². The molecule has 0 atom stereocenters. The van der Waals surface area contributed by atoms with Gasteiger partial charge in [-0.1, -0.05) is 23.7 Å². The Labute approximate surface area is 188 Å². The second kappa shape index (κ2) is 10.2. The Hall–Kier alpha value is -2.52. The summed E-state index contributed by atoms with van der Waals surface area (Å²) in [5, 5.41) is 5.39. The molecule has 0 spiro atoms. The van der Waals surface area contributed by atoms with E-state index in [1.54, 1.807) is 24.3 Å². The molecule has 31 heavy (non-hydrogen) atoms. The van der Waals surface area contributed by atoms with Gasteiger partial charge in [-0.3, -0.25) is 10.1 Å². The third-order valence-corrected chi connectivity index (χ3v) is 5.23. The average Bonchev–Trinajstić information content (AvgIpc) is 2.73. The summed E-state index contributed by atoms with van der Waals surface area (Å²) < 4.78 is 45.0. The van der Waals surface area contributed by atoms with Crippen molar-refractivity contribution < 1.29 is 22.7 Å². The Kier molecular flexibility index (Phi) is 7.61. The summed E-state index contributed by atoms with van der Waals surface area (Å²) in [6.45, 7) is 1.13. The molecule has 1 fully saturated rings. The number of nitrogens with one attached hydrogen (secondary N) is 2. The van der Waals surface area contributed by atoms with E-state index in [0.29, 0.717) is 16.5 Å². The molecule has 2 aromatic carbocycles. The summed E-state index contributed by atoms with van der Waals surface area (Å²) in [5.74, 6) is -0.229. The minimum atomic E-state index is -4.50. The third kappa shape index (κ3) is 6.48. The van der Waals surface area contributed by atoms with Crippen LogP contribution in [0, 0.1) is 0 Å². The number of halogens is 4. The number of amides is 1. The average molecular weight is 472 g/mol. The Bertz CT molecular complexity index is 950. The predicted octanol–water partition coefficient (Wildman–Crippen LogP) is 5.24. The quantitative estimate of drug-likeness (QED) is 0.584. The van der Waals surface area contributed by atoms with E-state index in [4.69, 9.17) is 28.6 Å². The summed E-state index contributed by atoms with van der Waals surface area (Å²) >= 11 is 11.1. The molecule has 2 N–H and O–H groups in total. The van der Waals surface area contributed by atoms with Gasteiger partial charge in [0.05, 0.1) is 22.0 Å². The number of rotatable bonds is 5. The fraction of sp³-hybridized carbons (Fsp3) is 0.333. The van der Waals surface area contributed by atoms with Crippen LogP contribution < -0.4 is 20.3 Å². The molecular weight excluding hydrogens is 451 g/mol. The van der Waals surface area contributed by atoms with Crippen molar-refractivity contribution in [1.29, 1.82) is 0 Å². The molecule has 0 bridgehead atoms. The van der Waals surface area contributed by atoms with Crippen molar-refractivity contribution in [3.63, 3.8) is 0 Å². The number of carbonyl (C=O) groups excluding carboxylic acids is 1. The topological polar surface area (TPSA) is 53.6 Å². The minimum absolute atomic E-state index is 0.120. The number of carbonyl (C=O) groups is 1. The highest BCUT2D eigenvalue weighted by Gasteiger charge is 2.31. The van der Waals surface area contributed by atoms with Crippen molar-refractivity contribution in [2.45, 2.75) is 25.4 Å². The number of nitrogens with zero attached hydrogens (tertiary/aromatic N) is 1. The van der Waals surface area contributed by atoms with Crippen LogP contribution in [0.5, 0.6) is 5.75 Å². The molecule has 1 saturated heterocycles. The first kappa shape index (κ1) is 23.1. The molecule has 166 valence electrons. The van der Waals surface area contributed by atoms with Crippen LogP contribution in [0.25, 0.3) is 0 Å². The number of benzene rings is 2. The first-order valence-corrected chi connectivity index (χ1v) is 10.5. The van der Waals surface area contributed by atoms with Crippen LogP contribution in [0.1, 0.15) is 24.8 Å². The number of hydrogen-bond donors (Lipinski definition) is 2. The van der Waals surface area contributed by atoms with Crippen LogP contribution in [-0.4, -0.2) is 30.7 Å². The van der Waals surface area contributed by atoms with Crippen molar-refractivity contribution in [2.24, 2.45) is 0 Å². The van der Waals surface area contributed by atoms with Crippen molar-refractivity contribution in [3.05, 3.63) is 53.1 Å². The number of hydrogen-bond acceptors (Lipinski definition) is 4. The fourth-order valence-electron chi connectivity index (χ4n) is 3.24. The molecule has 10 heteroatoms. The van der Waals surface area contributed by atoms with E-state index in [-0.39, 0.29) is 17.4 Å². The van der Waals surface area contributed by atoms with Gasteiger partial charge < -0.3 is 15.0 Å². The summed E-state index contributed by atoms with van der Waals surface area (Å²) in [7, 11) is 0.